The van der Waals surface area contributed by atoms with E-state index in [9.17, 15) is 0 Å². The number of nitrogens with one attached hydrogen (secondary N) is 1. The van der Waals surface area contributed by atoms with Crippen LogP contribution in [0.1, 0.15) is 5.69 Å². The number of aromatic amines is 1. The van der Waals surface area contributed by atoms with Gasteiger partial charge in [0.1, 0.15) is 5.69 Å². The fourth-order valence-corrected chi connectivity index (χ4v) is 2.30. The first-order valence-corrected chi connectivity index (χ1v) is 5.91. The summed E-state index contributed by atoms with van der Waals surface area (Å²) in [5.41, 5.74) is 8.24. The lowest BCUT2D eigenvalue weighted by atomic mass is 10.1. The first-order valence-electron chi connectivity index (χ1n) is 5.12. The molecule has 0 aliphatic carbocycles. The minimum absolute atomic E-state index is 0.272. The second kappa shape index (κ2) is 4.05. The Labute approximate surface area is 106 Å². The summed E-state index contributed by atoms with van der Waals surface area (Å²) in [6.45, 7) is 0.687. The fraction of sp³-hybridized carbons (Fsp3) is 0.182. The second-order valence-corrected chi connectivity index (χ2v) is 4.43. The predicted octanol–water partition coefficient (Wildman–Crippen LogP) is 2.03. The third-order valence-electron chi connectivity index (χ3n) is 2.63. The van der Waals surface area contributed by atoms with Crippen LogP contribution in [0.5, 0.6) is 11.5 Å². The second-order valence-electron chi connectivity index (χ2n) is 3.64. The van der Waals surface area contributed by atoms with Crippen molar-refractivity contribution in [2.75, 3.05) is 6.79 Å². The molecule has 0 unspecified atom stereocenters. The molecular formula is C11H10BrN3O2. The standard InChI is InChI=1S/C11H10BrN3O2/c12-10-7(4-13)14-15-11(10)6-1-2-8-9(3-6)17-5-16-8/h1-3H,4-5,13H2,(H,14,15). The number of ether oxygens (including phenoxy) is 2. The van der Waals surface area contributed by atoms with Gasteiger partial charge in [0.2, 0.25) is 6.79 Å². The molecule has 0 atom stereocenters. The zero-order valence-corrected chi connectivity index (χ0v) is 10.5. The van der Waals surface area contributed by atoms with Crippen LogP contribution in [0, 0.1) is 0 Å². The van der Waals surface area contributed by atoms with Crippen molar-refractivity contribution in [2.24, 2.45) is 5.73 Å². The van der Waals surface area contributed by atoms with E-state index in [2.05, 4.69) is 26.1 Å². The van der Waals surface area contributed by atoms with Gasteiger partial charge in [0.25, 0.3) is 0 Å². The first kappa shape index (κ1) is 10.6. The van der Waals surface area contributed by atoms with Crippen molar-refractivity contribution in [1.82, 2.24) is 10.2 Å². The van der Waals surface area contributed by atoms with E-state index in [1.165, 1.54) is 0 Å². The van der Waals surface area contributed by atoms with Crippen LogP contribution >= 0.6 is 15.9 Å². The summed E-state index contributed by atoms with van der Waals surface area (Å²) in [7, 11) is 0. The number of rotatable bonds is 2. The Hall–Kier alpha value is -1.53. The van der Waals surface area contributed by atoms with Gasteiger partial charge in [0.05, 0.1) is 10.2 Å². The SMILES string of the molecule is NCc1[nH]nc(-c2ccc3c(c2)OCO3)c1Br. The summed E-state index contributed by atoms with van der Waals surface area (Å²) in [6.07, 6.45) is 0. The lowest BCUT2D eigenvalue weighted by molar-refractivity contribution is 0.174. The largest absolute Gasteiger partial charge is 0.454 e. The predicted molar refractivity (Wildman–Crippen MR) is 65.7 cm³/mol. The zero-order chi connectivity index (χ0) is 11.8. The summed E-state index contributed by atoms with van der Waals surface area (Å²) in [6, 6.07) is 5.72. The maximum atomic E-state index is 5.59. The number of halogens is 1. The highest BCUT2D eigenvalue weighted by Crippen LogP contribution is 2.37. The van der Waals surface area contributed by atoms with Crippen LogP contribution in [0.3, 0.4) is 0 Å². The number of hydrogen-bond acceptors (Lipinski definition) is 4. The molecule has 1 aromatic heterocycles. The Kier molecular flexibility index (Phi) is 2.53. The molecule has 0 saturated heterocycles. The Balaban J connectivity index is 2.06. The van der Waals surface area contributed by atoms with Gasteiger partial charge in [0, 0.05) is 12.1 Å². The number of nitrogens with zero attached hydrogens (tertiary/aromatic N) is 1. The molecule has 0 amide bonds. The van der Waals surface area contributed by atoms with Crippen molar-refractivity contribution in [3.8, 4) is 22.8 Å². The maximum Gasteiger partial charge on any atom is 0.231 e. The van der Waals surface area contributed by atoms with Gasteiger partial charge < -0.3 is 15.2 Å². The van der Waals surface area contributed by atoms with E-state index >= 15 is 0 Å². The van der Waals surface area contributed by atoms with Crippen LogP contribution in [0.4, 0.5) is 0 Å². The molecule has 2 heterocycles. The van der Waals surface area contributed by atoms with Crippen molar-refractivity contribution in [3.63, 3.8) is 0 Å². The van der Waals surface area contributed by atoms with Gasteiger partial charge in [-0.25, -0.2) is 0 Å². The Morgan fingerprint density at radius 2 is 2.18 bits per heavy atom. The van der Waals surface area contributed by atoms with Gasteiger partial charge in [-0.05, 0) is 34.1 Å². The summed E-state index contributed by atoms with van der Waals surface area (Å²) >= 11 is 3.48. The monoisotopic (exact) mass is 295 g/mol. The van der Waals surface area contributed by atoms with E-state index in [0.29, 0.717) is 6.54 Å². The highest BCUT2D eigenvalue weighted by Gasteiger charge is 2.17. The van der Waals surface area contributed by atoms with E-state index in [0.717, 1.165) is 32.9 Å². The van der Waals surface area contributed by atoms with Gasteiger partial charge in [0.15, 0.2) is 11.5 Å². The molecule has 3 rings (SSSR count). The van der Waals surface area contributed by atoms with Crippen LogP contribution in [0.2, 0.25) is 0 Å². The van der Waals surface area contributed by atoms with Crippen molar-refractivity contribution < 1.29 is 9.47 Å². The van der Waals surface area contributed by atoms with Gasteiger partial charge in [-0.3, -0.25) is 5.10 Å². The summed E-state index contributed by atoms with van der Waals surface area (Å²) < 4.78 is 11.5. The first-order chi connectivity index (χ1) is 8.29. The summed E-state index contributed by atoms with van der Waals surface area (Å²) in [4.78, 5) is 0. The molecule has 5 nitrogen and oxygen atoms in total. The Bertz CT molecular complexity index is 568. The van der Waals surface area contributed by atoms with Crippen LogP contribution in [0.15, 0.2) is 22.7 Å². The third-order valence-corrected chi connectivity index (χ3v) is 3.48. The quantitative estimate of drug-likeness (QED) is 0.889. The van der Waals surface area contributed by atoms with Gasteiger partial charge in [-0.2, -0.15) is 5.10 Å². The fourth-order valence-electron chi connectivity index (χ4n) is 1.73. The van der Waals surface area contributed by atoms with E-state index in [1.807, 2.05) is 18.2 Å². The van der Waals surface area contributed by atoms with Gasteiger partial charge >= 0.3 is 0 Å². The van der Waals surface area contributed by atoms with Crippen LogP contribution in [-0.2, 0) is 6.54 Å². The van der Waals surface area contributed by atoms with E-state index in [1.54, 1.807) is 0 Å². The number of fused-ring (bicyclic) bond motifs is 1. The minimum atomic E-state index is 0.272. The maximum absolute atomic E-state index is 5.59. The van der Waals surface area contributed by atoms with Crippen molar-refractivity contribution in [2.45, 2.75) is 6.54 Å². The molecule has 0 radical (unpaired) electrons. The molecule has 0 bridgehead atoms. The molecule has 2 aromatic rings. The smallest absolute Gasteiger partial charge is 0.231 e. The van der Waals surface area contributed by atoms with Gasteiger partial charge in [-0.15, -0.1) is 0 Å². The molecule has 0 fully saturated rings. The molecule has 1 aliphatic heterocycles. The minimum Gasteiger partial charge on any atom is -0.454 e. The lowest BCUT2D eigenvalue weighted by Gasteiger charge is -2.00. The average molecular weight is 296 g/mol. The number of aromatic nitrogens is 2. The molecule has 1 aromatic carbocycles. The van der Waals surface area contributed by atoms with Gasteiger partial charge in [-0.1, -0.05) is 0 Å². The van der Waals surface area contributed by atoms with Crippen LogP contribution in [-0.4, -0.2) is 17.0 Å². The highest BCUT2D eigenvalue weighted by molar-refractivity contribution is 9.10. The van der Waals surface area contributed by atoms with E-state index in [4.69, 9.17) is 15.2 Å². The molecular weight excluding hydrogens is 286 g/mol. The Morgan fingerprint density at radius 3 is 2.94 bits per heavy atom. The summed E-state index contributed by atoms with van der Waals surface area (Å²) in [5, 5.41) is 7.13. The average Bonchev–Trinajstić information content (AvgIpc) is 2.94. The Morgan fingerprint density at radius 1 is 1.35 bits per heavy atom. The molecule has 0 saturated carbocycles. The molecule has 88 valence electrons. The zero-order valence-electron chi connectivity index (χ0n) is 8.87. The number of nitrogens with two attached hydrogens (primary N) is 1. The van der Waals surface area contributed by atoms with Crippen molar-refractivity contribution >= 4 is 15.9 Å². The third kappa shape index (κ3) is 1.69. The molecule has 0 spiro atoms. The molecule has 3 N–H and O–H groups in total. The van der Waals surface area contributed by atoms with Crippen molar-refractivity contribution in [3.05, 3.63) is 28.4 Å². The van der Waals surface area contributed by atoms with Crippen LogP contribution in [0.25, 0.3) is 11.3 Å². The topological polar surface area (TPSA) is 73.2 Å². The van der Waals surface area contributed by atoms with E-state index < -0.39 is 0 Å². The molecule has 17 heavy (non-hydrogen) atoms. The summed E-state index contributed by atoms with van der Waals surface area (Å²) in [5.74, 6) is 1.51. The van der Waals surface area contributed by atoms with E-state index in [-0.39, 0.29) is 6.79 Å². The number of H-pyrrole nitrogens is 1. The highest BCUT2D eigenvalue weighted by atomic mass is 79.9. The molecule has 1 aliphatic rings. The normalized spacial score (nSPS) is 13.1. The number of benzene rings is 1. The van der Waals surface area contributed by atoms with Crippen molar-refractivity contribution in [1.29, 1.82) is 0 Å². The molecule has 6 heteroatoms. The number of hydrogen-bond donors (Lipinski definition) is 2. The lowest BCUT2D eigenvalue weighted by Crippen LogP contribution is -1.96. The van der Waals surface area contributed by atoms with Crippen LogP contribution < -0.4 is 15.2 Å².